The molecule has 0 fully saturated rings. The molecule has 0 atom stereocenters. The third-order valence-corrected chi connectivity index (χ3v) is 4.96. The molecule has 124 valence electrons. The highest BCUT2D eigenvalue weighted by molar-refractivity contribution is 9.10. The maximum absolute atomic E-state index is 8.71. The third-order valence-electron chi connectivity index (χ3n) is 3.58. The number of halogens is 2. The molecule has 0 heterocycles. The zero-order chi connectivity index (χ0) is 17.6. The van der Waals surface area contributed by atoms with Gasteiger partial charge in [0, 0.05) is 20.1 Å². The lowest BCUT2D eigenvalue weighted by atomic mass is 10.00. The molecule has 25 heavy (non-hydrogen) atoms. The van der Waals surface area contributed by atoms with Gasteiger partial charge in [-0.15, -0.1) is 0 Å². The van der Waals surface area contributed by atoms with Gasteiger partial charge in [0.25, 0.3) is 0 Å². The van der Waals surface area contributed by atoms with Crippen molar-refractivity contribution in [3.63, 3.8) is 0 Å². The summed E-state index contributed by atoms with van der Waals surface area (Å²) in [5.74, 6) is 0. The van der Waals surface area contributed by atoms with Crippen molar-refractivity contribution in [2.24, 2.45) is 5.10 Å². The molecular formula is C20H15Br2N3. The lowest BCUT2D eigenvalue weighted by molar-refractivity contribution is 1.33. The highest BCUT2D eigenvalue weighted by Gasteiger charge is 2.17. The van der Waals surface area contributed by atoms with Gasteiger partial charge in [0.1, 0.15) is 5.71 Å². The van der Waals surface area contributed by atoms with Gasteiger partial charge in [-0.25, -0.2) is 0 Å². The Kier molecular flexibility index (Phi) is 5.79. The average molecular weight is 457 g/mol. The summed E-state index contributed by atoms with van der Waals surface area (Å²) in [5.41, 5.74) is 6.45. The van der Waals surface area contributed by atoms with Crippen LogP contribution in [-0.4, -0.2) is 11.4 Å². The minimum Gasteiger partial charge on any atom is -0.298 e. The molecule has 2 N–H and O–H groups in total. The Hall–Kier alpha value is -2.24. The summed E-state index contributed by atoms with van der Waals surface area (Å²) in [7, 11) is 0. The van der Waals surface area contributed by atoms with Gasteiger partial charge in [-0.1, -0.05) is 86.5 Å². The van der Waals surface area contributed by atoms with Crippen molar-refractivity contribution in [3.05, 3.63) is 98.9 Å². The van der Waals surface area contributed by atoms with Crippen molar-refractivity contribution in [3.8, 4) is 0 Å². The predicted molar refractivity (Wildman–Crippen MR) is 112 cm³/mol. The van der Waals surface area contributed by atoms with Crippen LogP contribution in [0.25, 0.3) is 0 Å². The Bertz CT molecular complexity index is 921. The molecule has 0 aliphatic carbocycles. The molecular weight excluding hydrogens is 442 g/mol. The van der Waals surface area contributed by atoms with Gasteiger partial charge < -0.3 is 0 Å². The Morgan fingerprint density at radius 2 is 1.24 bits per heavy atom. The van der Waals surface area contributed by atoms with Gasteiger partial charge >= 0.3 is 0 Å². The molecule has 3 aromatic carbocycles. The zero-order valence-electron chi connectivity index (χ0n) is 13.2. The molecule has 0 bridgehead atoms. The van der Waals surface area contributed by atoms with Gasteiger partial charge in [-0.2, -0.15) is 5.10 Å². The lowest BCUT2D eigenvalue weighted by Crippen LogP contribution is -2.18. The average Bonchev–Trinajstić information content (AvgIpc) is 2.64. The van der Waals surface area contributed by atoms with E-state index in [1.165, 1.54) is 0 Å². The predicted octanol–water partition coefficient (Wildman–Crippen LogP) is 6.10. The van der Waals surface area contributed by atoms with Crippen LogP contribution in [0.3, 0.4) is 0 Å². The fraction of sp³-hybridized carbons (Fsp3) is 0. The summed E-state index contributed by atoms with van der Waals surface area (Å²) in [6, 6.07) is 25.1. The summed E-state index contributed by atoms with van der Waals surface area (Å²) in [5, 5.41) is 13.2. The molecule has 0 radical (unpaired) electrons. The van der Waals surface area contributed by atoms with Gasteiger partial charge in [0.2, 0.25) is 0 Å². The smallest absolute Gasteiger partial charge is 0.117 e. The molecule has 0 spiro atoms. The van der Waals surface area contributed by atoms with Crippen LogP contribution in [0.2, 0.25) is 0 Å². The second-order valence-corrected chi connectivity index (χ2v) is 6.98. The minimum atomic E-state index is 0.336. The van der Waals surface area contributed by atoms with E-state index in [0.29, 0.717) is 11.4 Å². The Morgan fingerprint density at radius 1 is 0.720 bits per heavy atom. The number of nitrogens with one attached hydrogen (secondary N) is 2. The molecule has 3 nitrogen and oxygen atoms in total. The van der Waals surface area contributed by atoms with Crippen molar-refractivity contribution < 1.29 is 0 Å². The highest BCUT2D eigenvalue weighted by Crippen LogP contribution is 2.23. The van der Waals surface area contributed by atoms with Crippen LogP contribution in [0.1, 0.15) is 11.1 Å². The zero-order valence-corrected chi connectivity index (χ0v) is 16.4. The van der Waals surface area contributed by atoms with E-state index in [4.69, 9.17) is 5.41 Å². The number of nitrogens with zero attached hydrogens (tertiary/aromatic N) is 1. The van der Waals surface area contributed by atoms with E-state index in [-0.39, 0.29) is 0 Å². The molecule has 0 saturated carbocycles. The Balaban J connectivity index is 2.05. The van der Waals surface area contributed by atoms with Crippen molar-refractivity contribution >= 4 is 49.0 Å². The van der Waals surface area contributed by atoms with Crippen molar-refractivity contribution in [2.75, 3.05) is 5.43 Å². The van der Waals surface area contributed by atoms with Crippen molar-refractivity contribution in [1.82, 2.24) is 0 Å². The molecule has 0 aliphatic rings. The summed E-state index contributed by atoms with van der Waals surface area (Å²) in [4.78, 5) is 0. The van der Waals surface area contributed by atoms with E-state index in [1.807, 2.05) is 78.9 Å². The maximum atomic E-state index is 8.71. The van der Waals surface area contributed by atoms with E-state index in [0.717, 1.165) is 25.8 Å². The molecule has 0 amide bonds. The SMILES string of the molecule is N=C(/C(=N\Nc1ccccc1)c1ccccc1Br)c1ccccc1Br. The topological polar surface area (TPSA) is 48.2 Å². The van der Waals surface area contributed by atoms with Crippen LogP contribution in [0, 0.1) is 5.41 Å². The number of anilines is 1. The number of hydrogen-bond donors (Lipinski definition) is 2. The first-order chi connectivity index (χ1) is 12.2. The summed E-state index contributed by atoms with van der Waals surface area (Å²) >= 11 is 7.09. The molecule has 0 aliphatic heterocycles. The maximum Gasteiger partial charge on any atom is 0.117 e. The summed E-state index contributed by atoms with van der Waals surface area (Å²) in [6.07, 6.45) is 0. The van der Waals surface area contributed by atoms with E-state index < -0.39 is 0 Å². The fourth-order valence-corrected chi connectivity index (χ4v) is 3.28. The van der Waals surface area contributed by atoms with E-state index in [2.05, 4.69) is 42.4 Å². The van der Waals surface area contributed by atoms with E-state index >= 15 is 0 Å². The van der Waals surface area contributed by atoms with Gasteiger partial charge in [-0.3, -0.25) is 10.8 Å². The summed E-state index contributed by atoms with van der Waals surface area (Å²) in [6.45, 7) is 0. The van der Waals surface area contributed by atoms with Crippen LogP contribution in [0.5, 0.6) is 0 Å². The van der Waals surface area contributed by atoms with Crippen LogP contribution >= 0.6 is 31.9 Å². The van der Waals surface area contributed by atoms with Gasteiger partial charge in [0.15, 0.2) is 0 Å². The van der Waals surface area contributed by atoms with Crippen LogP contribution < -0.4 is 5.43 Å². The number of rotatable bonds is 5. The standard InChI is InChI=1S/C20H15Br2N3/c21-17-12-6-4-10-15(17)19(23)20(16-11-5-7-13-18(16)22)25-24-14-8-2-1-3-9-14/h1-13,23-24H/b23-19?,25-20-. The van der Waals surface area contributed by atoms with Gasteiger partial charge in [-0.05, 0) is 24.3 Å². The Labute approximate surface area is 163 Å². The van der Waals surface area contributed by atoms with Gasteiger partial charge in [0.05, 0.1) is 11.4 Å². The van der Waals surface area contributed by atoms with Crippen LogP contribution in [0.15, 0.2) is 92.9 Å². The fourth-order valence-electron chi connectivity index (χ4n) is 2.33. The van der Waals surface area contributed by atoms with Crippen molar-refractivity contribution in [1.29, 1.82) is 5.41 Å². The number of hydrogen-bond acceptors (Lipinski definition) is 3. The first-order valence-electron chi connectivity index (χ1n) is 7.64. The van der Waals surface area contributed by atoms with Crippen LogP contribution in [-0.2, 0) is 0 Å². The molecule has 0 aromatic heterocycles. The number of hydrazone groups is 1. The van der Waals surface area contributed by atoms with Crippen LogP contribution in [0.4, 0.5) is 5.69 Å². The largest absolute Gasteiger partial charge is 0.298 e. The quantitative estimate of drug-likeness (QED) is 0.353. The molecule has 5 heteroatoms. The first kappa shape index (κ1) is 17.6. The molecule has 3 rings (SSSR count). The minimum absolute atomic E-state index is 0.336. The second kappa shape index (κ2) is 8.23. The first-order valence-corrected chi connectivity index (χ1v) is 9.23. The normalized spacial score (nSPS) is 11.2. The molecule has 0 unspecified atom stereocenters. The van der Waals surface area contributed by atoms with E-state index in [1.54, 1.807) is 0 Å². The monoisotopic (exact) mass is 455 g/mol. The third kappa shape index (κ3) is 4.24. The molecule has 3 aromatic rings. The molecule has 0 saturated heterocycles. The Morgan fingerprint density at radius 3 is 1.84 bits per heavy atom. The highest BCUT2D eigenvalue weighted by atomic mass is 79.9. The number of para-hydroxylation sites is 1. The number of benzene rings is 3. The lowest BCUT2D eigenvalue weighted by Gasteiger charge is -2.12. The van der Waals surface area contributed by atoms with Crippen molar-refractivity contribution in [2.45, 2.75) is 0 Å². The second-order valence-electron chi connectivity index (χ2n) is 5.27. The van der Waals surface area contributed by atoms with E-state index in [9.17, 15) is 0 Å². The summed E-state index contributed by atoms with van der Waals surface area (Å²) < 4.78 is 1.75.